The van der Waals surface area contributed by atoms with Crippen molar-refractivity contribution in [2.45, 2.75) is 58.8 Å². The minimum Gasteiger partial charge on any atom is -0.0848 e. The van der Waals surface area contributed by atoms with E-state index in [1.165, 1.54) is 32.1 Å². The summed E-state index contributed by atoms with van der Waals surface area (Å²) in [5, 5.41) is 0. The van der Waals surface area contributed by atoms with E-state index in [4.69, 9.17) is 0 Å². The van der Waals surface area contributed by atoms with Gasteiger partial charge in [0.1, 0.15) is 0 Å². The van der Waals surface area contributed by atoms with Crippen LogP contribution in [0.5, 0.6) is 0 Å². The van der Waals surface area contributed by atoms with Gasteiger partial charge in [0.2, 0.25) is 0 Å². The Morgan fingerprint density at radius 1 is 0.647 bits per heavy atom. The molecule has 0 amide bonds. The van der Waals surface area contributed by atoms with Gasteiger partial charge >= 0.3 is 0 Å². The maximum atomic E-state index is 2.27. The summed E-state index contributed by atoms with van der Waals surface area (Å²) in [6, 6.07) is 0. The minimum atomic E-state index is 1.02. The van der Waals surface area contributed by atoms with Crippen molar-refractivity contribution < 1.29 is 0 Å². The first-order valence-electron chi connectivity index (χ1n) is 7.05. The summed E-state index contributed by atoms with van der Waals surface area (Å²) in [4.78, 5) is 0. The van der Waals surface area contributed by atoms with Crippen molar-refractivity contribution >= 4 is 0 Å². The molecule has 0 heteroatoms. The second kappa shape index (κ2) is 15.0. The Balaban J connectivity index is 3.37. The molecule has 96 valence electrons. The van der Waals surface area contributed by atoms with Crippen LogP contribution in [0.1, 0.15) is 58.8 Å². The molecule has 0 aliphatic heterocycles. The van der Waals surface area contributed by atoms with E-state index in [1.54, 1.807) is 0 Å². The first kappa shape index (κ1) is 16.0. The average molecular weight is 232 g/mol. The minimum absolute atomic E-state index is 1.02. The lowest BCUT2D eigenvalue weighted by Gasteiger charge is -1.92. The van der Waals surface area contributed by atoms with Crippen molar-refractivity contribution in [3.63, 3.8) is 0 Å². The summed E-state index contributed by atoms with van der Waals surface area (Å²) in [7, 11) is 0. The summed E-state index contributed by atoms with van der Waals surface area (Å²) < 4.78 is 0. The van der Waals surface area contributed by atoms with Crippen LogP contribution in [0, 0.1) is 0 Å². The third-order valence-corrected chi connectivity index (χ3v) is 2.50. The van der Waals surface area contributed by atoms with Crippen molar-refractivity contribution in [2.24, 2.45) is 0 Å². The number of hydrogen-bond donors (Lipinski definition) is 0. The summed E-state index contributed by atoms with van der Waals surface area (Å²) in [5.41, 5.74) is 0. The molecule has 0 N–H and O–H groups in total. The van der Waals surface area contributed by atoms with E-state index in [9.17, 15) is 0 Å². The Hall–Kier alpha value is -1.04. The molecule has 0 radical (unpaired) electrons. The molecule has 0 saturated heterocycles. The van der Waals surface area contributed by atoms with Gasteiger partial charge in [-0.25, -0.2) is 0 Å². The fraction of sp³-hybridized carbons (Fsp3) is 0.529. The Morgan fingerprint density at radius 3 is 1.94 bits per heavy atom. The molecule has 17 heavy (non-hydrogen) atoms. The molecule has 0 bridgehead atoms. The van der Waals surface area contributed by atoms with Gasteiger partial charge < -0.3 is 0 Å². The van der Waals surface area contributed by atoms with Gasteiger partial charge in [-0.15, -0.1) is 0 Å². The molecule has 0 aliphatic rings. The van der Waals surface area contributed by atoms with Crippen LogP contribution in [0.3, 0.4) is 0 Å². The predicted molar refractivity (Wildman–Crippen MR) is 80.2 cm³/mol. The quantitative estimate of drug-likeness (QED) is 0.321. The van der Waals surface area contributed by atoms with Gasteiger partial charge in [0.05, 0.1) is 0 Å². The third-order valence-electron chi connectivity index (χ3n) is 2.50. The van der Waals surface area contributed by atoms with Crippen molar-refractivity contribution in [1.29, 1.82) is 0 Å². The molecular formula is C17H28. The van der Waals surface area contributed by atoms with Crippen molar-refractivity contribution in [3.05, 3.63) is 48.6 Å². The molecule has 0 atom stereocenters. The normalized spacial score (nSPS) is 12.8. The van der Waals surface area contributed by atoms with Crippen LogP contribution in [0.2, 0.25) is 0 Å². The molecule has 0 aromatic carbocycles. The smallest absolute Gasteiger partial charge is 0.0163 e. The van der Waals surface area contributed by atoms with E-state index in [0.717, 1.165) is 12.8 Å². The van der Waals surface area contributed by atoms with E-state index in [2.05, 4.69) is 62.5 Å². The van der Waals surface area contributed by atoms with Crippen molar-refractivity contribution in [2.75, 3.05) is 0 Å². The van der Waals surface area contributed by atoms with E-state index < -0.39 is 0 Å². The van der Waals surface area contributed by atoms with Crippen LogP contribution >= 0.6 is 0 Å². The van der Waals surface area contributed by atoms with E-state index in [0.29, 0.717) is 0 Å². The molecule has 0 spiro atoms. The lowest BCUT2D eigenvalue weighted by molar-refractivity contribution is 0.674. The molecule has 0 aliphatic carbocycles. The second-order valence-electron chi connectivity index (χ2n) is 4.21. The molecule has 0 rings (SSSR count). The summed E-state index contributed by atoms with van der Waals surface area (Å²) in [6.07, 6.45) is 26.1. The molecule has 0 aromatic rings. The monoisotopic (exact) mass is 232 g/mol. The average Bonchev–Trinajstić information content (AvgIpc) is 2.35. The van der Waals surface area contributed by atoms with E-state index >= 15 is 0 Å². The molecule has 0 unspecified atom stereocenters. The van der Waals surface area contributed by atoms with Crippen LogP contribution in [-0.4, -0.2) is 0 Å². The number of rotatable bonds is 10. The highest BCUT2D eigenvalue weighted by molar-refractivity contribution is 5.08. The molecule has 0 heterocycles. The van der Waals surface area contributed by atoms with Gasteiger partial charge in [-0.05, 0) is 25.7 Å². The first-order valence-corrected chi connectivity index (χ1v) is 7.05. The predicted octanol–water partition coefficient (Wildman–Crippen LogP) is 5.98. The fourth-order valence-corrected chi connectivity index (χ4v) is 1.47. The third kappa shape index (κ3) is 15.0. The highest BCUT2D eigenvalue weighted by atomic mass is 13.9. The SMILES string of the molecule is CC/C=C/C=C/C/C=C/C=C/CCCCCC. The maximum absolute atomic E-state index is 2.27. The molecule has 0 nitrogen and oxygen atoms in total. The molecule has 0 aromatic heterocycles. The van der Waals surface area contributed by atoms with Gasteiger partial charge in [-0.3, -0.25) is 0 Å². The van der Waals surface area contributed by atoms with Gasteiger partial charge in [-0.2, -0.15) is 0 Å². The van der Waals surface area contributed by atoms with Crippen LogP contribution < -0.4 is 0 Å². The van der Waals surface area contributed by atoms with Crippen LogP contribution in [0.15, 0.2) is 48.6 Å². The maximum Gasteiger partial charge on any atom is -0.0163 e. The zero-order chi connectivity index (χ0) is 12.6. The van der Waals surface area contributed by atoms with Crippen LogP contribution in [0.25, 0.3) is 0 Å². The van der Waals surface area contributed by atoms with Gasteiger partial charge in [0.25, 0.3) is 0 Å². The molecular weight excluding hydrogens is 204 g/mol. The topological polar surface area (TPSA) is 0 Å². The van der Waals surface area contributed by atoms with E-state index in [1.807, 2.05) is 0 Å². The number of hydrogen-bond acceptors (Lipinski definition) is 0. The van der Waals surface area contributed by atoms with Gasteiger partial charge in [-0.1, -0.05) is 81.7 Å². The Bertz CT molecular complexity index is 241. The zero-order valence-corrected chi connectivity index (χ0v) is 11.6. The lowest BCUT2D eigenvalue weighted by atomic mass is 10.1. The summed E-state index contributed by atoms with van der Waals surface area (Å²) >= 11 is 0. The number of allylic oxidation sites excluding steroid dienone is 8. The van der Waals surface area contributed by atoms with Crippen LogP contribution in [-0.2, 0) is 0 Å². The highest BCUT2D eigenvalue weighted by Gasteiger charge is 1.82. The molecule has 0 saturated carbocycles. The first-order chi connectivity index (χ1) is 8.41. The second-order valence-corrected chi connectivity index (χ2v) is 4.21. The van der Waals surface area contributed by atoms with Crippen molar-refractivity contribution in [1.82, 2.24) is 0 Å². The highest BCUT2D eigenvalue weighted by Crippen LogP contribution is 2.02. The lowest BCUT2D eigenvalue weighted by Crippen LogP contribution is -1.72. The largest absolute Gasteiger partial charge is 0.0848 e. The molecule has 0 fully saturated rings. The fourth-order valence-electron chi connectivity index (χ4n) is 1.47. The Kier molecular flexibility index (Phi) is 14.0. The van der Waals surface area contributed by atoms with Gasteiger partial charge in [0.15, 0.2) is 0 Å². The zero-order valence-electron chi connectivity index (χ0n) is 11.6. The summed E-state index contributed by atoms with van der Waals surface area (Å²) in [5.74, 6) is 0. The van der Waals surface area contributed by atoms with E-state index in [-0.39, 0.29) is 0 Å². The van der Waals surface area contributed by atoms with Crippen molar-refractivity contribution in [3.8, 4) is 0 Å². The van der Waals surface area contributed by atoms with Crippen LogP contribution in [0.4, 0.5) is 0 Å². The summed E-state index contributed by atoms with van der Waals surface area (Å²) in [6.45, 7) is 4.40. The standard InChI is InChI=1S/C17H28/c1-3-5-7-9-11-13-15-17-16-14-12-10-8-6-4-2/h5,7,9,11,14-17H,3-4,6,8,10,12-13H2,1-2H3/b7-5+,11-9+,16-14+,17-15+. The van der Waals surface area contributed by atoms with Gasteiger partial charge in [0, 0.05) is 0 Å². The Morgan fingerprint density at radius 2 is 1.29 bits per heavy atom. The number of unbranched alkanes of at least 4 members (excludes halogenated alkanes) is 4. The Labute approximate surface area is 108 Å².